The zero-order valence-corrected chi connectivity index (χ0v) is 24.7. The number of benzene rings is 4. The summed E-state index contributed by atoms with van der Waals surface area (Å²) >= 11 is 8.58. The Morgan fingerprint density at radius 2 is 1.77 bits per heavy atom. The lowest BCUT2D eigenvalue weighted by molar-refractivity contribution is -0.387. The van der Waals surface area contributed by atoms with Gasteiger partial charge in [0, 0.05) is 17.4 Å². The topological polar surface area (TPSA) is 138 Å². The maximum absolute atomic E-state index is 12.6. The lowest BCUT2D eigenvalue weighted by atomic mass is 10.1. The first-order chi connectivity index (χ1) is 20.7. The van der Waals surface area contributed by atoms with Gasteiger partial charge < -0.3 is 10.6 Å². The summed E-state index contributed by atoms with van der Waals surface area (Å²) < 4.78 is 1.34. The molecule has 0 saturated carbocycles. The third-order valence-corrected chi connectivity index (χ3v) is 8.58. The summed E-state index contributed by atoms with van der Waals surface area (Å²) in [6, 6.07) is 25.4. The number of carbonyl (C=O) groups is 2. The summed E-state index contributed by atoms with van der Waals surface area (Å²) in [6.07, 6.45) is 1.31. The van der Waals surface area contributed by atoms with Gasteiger partial charge in [-0.3, -0.25) is 19.7 Å². The van der Waals surface area contributed by atoms with E-state index in [2.05, 4.69) is 15.6 Å². The molecule has 0 bridgehead atoms. The van der Waals surface area contributed by atoms with Crippen LogP contribution in [0.5, 0.6) is 0 Å². The number of hydrogen-bond donors (Lipinski definition) is 2. The molecule has 2 N–H and O–H groups in total. The van der Waals surface area contributed by atoms with Crippen LogP contribution in [-0.4, -0.2) is 21.7 Å². The van der Waals surface area contributed by atoms with Crippen LogP contribution in [-0.2, 0) is 4.79 Å². The van der Waals surface area contributed by atoms with E-state index in [0.29, 0.717) is 42.3 Å². The molecule has 0 radical (unpaired) electrons. The van der Waals surface area contributed by atoms with Crippen molar-refractivity contribution in [3.63, 3.8) is 0 Å². The van der Waals surface area contributed by atoms with Gasteiger partial charge in [0.1, 0.15) is 11.6 Å². The summed E-state index contributed by atoms with van der Waals surface area (Å²) in [5.74, 6) is -0.967. The highest BCUT2D eigenvalue weighted by atomic mass is 35.5. The van der Waals surface area contributed by atoms with Crippen LogP contribution in [0.25, 0.3) is 16.3 Å². The van der Waals surface area contributed by atoms with Gasteiger partial charge in [0.25, 0.3) is 17.5 Å². The average molecular weight is 626 g/mol. The van der Waals surface area contributed by atoms with E-state index in [1.807, 2.05) is 25.1 Å². The minimum absolute atomic E-state index is 0.193. The molecule has 4 aromatic carbocycles. The van der Waals surface area contributed by atoms with Gasteiger partial charge in [0.2, 0.25) is 0 Å². The number of halogens is 1. The van der Waals surface area contributed by atoms with Crippen molar-refractivity contribution in [3.8, 4) is 6.07 Å². The Bertz CT molecular complexity index is 1970. The van der Waals surface area contributed by atoms with Crippen LogP contribution in [0.1, 0.15) is 21.5 Å². The minimum Gasteiger partial charge on any atom is -0.322 e. The number of amides is 2. The highest BCUT2D eigenvalue weighted by molar-refractivity contribution is 8.01. The average Bonchev–Trinajstić information content (AvgIpc) is 3.39. The summed E-state index contributed by atoms with van der Waals surface area (Å²) in [7, 11) is 0. The molecule has 212 valence electrons. The predicted octanol–water partition coefficient (Wildman–Crippen LogP) is 8.12. The Labute approximate surface area is 259 Å². The Morgan fingerprint density at radius 3 is 2.49 bits per heavy atom. The molecule has 0 saturated heterocycles. The van der Waals surface area contributed by atoms with Gasteiger partial charge in [-0.15, -0.1) is 11.3 Å². The summed E-state index contributed by atoms with van der Waals surface area (Å²) in [5.41, 5.74) is 3.07. The first-order valence-corrected chi connectivity index (χ1v) is 14.6. The van der Waals surface area contributed by atoms with Crippen LogP contribution in [0.15, 0.2) is 99.7 Å². The predicted molar refractivity (Wildman–Crippen MR) is 170 cm³/mol. The fourth-order valence-electron chi connectivity index (χ4n) is 3.97. The van der Waals surface area contributed by atoms with Crippen molar-refractivity contribution in [3.05, 3.63) is 122 Å². The number of nitro benzene ring substituents is 1. The van der Waals surface area contributed by atoms with Crippen molar-refractivity contribution in [2.45, 2.75) is 16.2 Å². The van der Waals surface area contributed by atoms with E-state index in [9.17, 15) is 25.0 Å². The molecule has 0 aliphatic rings. The fraction of sp³-hybridized carbons (Fsp3) is 0.0323. The molecule has 0 atom stereocenters. The molecule has 5 aromatic rings. The molecule has 0 aliphatic carbocycles. The second kappa shape index (κ2) is 12.9. The van der Waals surface area contributed by atoms with Gasteiger partial charge in [0.15, 0.2) is 4.34 Å². The molecule has 12 heteroatoms. The van der Waals surface area contributed by atoms with Gasteiger partial charge in [0.05, 0.1) is 30.6 Å². The summed E-state index contributed by atoms with van der Waals surface area (Å²) in [5, 5.41) is 27.3. The van der Waals surface area contributed by atoms with Crippen LogP contribution >= 0.6 is 34.7 Å². The number of nitrogens with one attached hydrogen (secondary N) is 2. The van der Waals surface area contributed by atoms with Gasteiger partial charge in [-0.25, -0.2) is 4.98 Å². The van der Waals surface area contributed by atoms with E-state index in [4.69, 9.17) is 11.6 Å². The molecule has 43 heavy (non-hydrogen) atoms. The van der Waals surface area contributed by atoms with Gasteiger partial charge in [-0.05, 0) is 67.1 Å². The number of carbonyl (C=O) groups excluding carboxylic acids is 2. The van der Waals surface area contributed by atoms with E-state index >= 15 is 0 Å². The number of thiazole rings is 1. The molecular weight excluding hydrogens is 606 g/mol. The molecular formula is C31H20ClN5O4S2. The first kappa shape index (κ1) is 29.5. The lowest BCUT2D eigenvalue weighted by Crippen LogP contribution is -2.13. The largest absolute Gasteiger partial charge is 0.322 e. The van der Waals surface area contributed by atoms with Crippen LogP contribution < -0.4 is 10.6 Å². The number of fused-ring (bicyclic) bond motifs is 1. The Kier molecular flexibility index (Phi) is 8.82. The normalized spacial score (nSPS) is 11.1. The molecule has 1 heterocycles. The number of aryl methyl sites for hydroxylation is 1. The van der Waals surface area contributed by atoms with Crippen LogP contribution in [0.3, 0.4) is 0 Å². The molecule has 1 aromatic heterocycles. The number of aromatic nitrogens is 1. The zero-order chi connectivity index (χ0) is 30.5. The van der Waals surface area contributed by atoms with Crippen LogP contribution in [0, 0.1) is 28.4 Å². The standard InChI is InChI=1S/C31H20ClN5O4S2/c1-18-6-9-21(10-7-18)34-29(38)20(17-33)14-19-8-13-27(26(15-19)37(40)41)42-31-36-25-12-11-22(16-28(25)43-31)35-30(39)23-4-2-3-5-24(23)32/h2-16H,1H3,(H,34,38)(H,35,39)/b20-14+. The first-order valence-electron chi connectivity index (χ1n) is 12.6. The maximum atomic E-state index is 12.6. The van der Waals surface area contributed by atoms with Gasteiger partial charge in [-0.2, -0.15) is 5.26 Å². The Morgan fingerprint density at radius 1 is 1.02 bits per heavy atom. The van der Waals surface area contributed by atoms with E-state index in [-0.39, 0.29) is 17.2 Å². The van der Waals surface area contributed by atoms with Crippen molar-refractivity contribution in [1.29, 1.82) is 5.26 Å². The third kappa shape index (κ3) is 7.07. The number of anilines is 2. The number of rotatable bonds is 8. The van der Waals surface area contributed by atoms with Gasteiger partial charge >= 0.3 is 0 Å². The number of nitro groups is 1. The highest BCUT2D eigenvalue weighted by Crippen LogP contribution is 2.40. The van der Waals surface area contributed by atoms with Crippen molar-refractivity contribution >= 4 is 79.9 Å². The lowest BCUT2D eigenvalue weighted by Gasteiger charge is -2.06. The van der Waals surface area contributed by atoms with Crippen LogP contribution in [0.4, 0.5) is 17.1 Å². The number of nitrogens with zero attached hydrogens (tertiary/aromatic N) is 3. The van der Waals surface area contributed by atoms with E-state index in [1.54, 1.807) is 66.7 Å². The monoisotopic (exact) mass is 625 g/mol. The second-order valence-corrected chi connectivity index (χ2v) is 11.9. The zero-order valence-electron chi connectivity index (χ0n) is 22.3. The Hall–Kier alpha value is -5.02. The quantitative estimate of drug-likeness (QED) is 0.0768. The maximum Gasteiger partial charge on any atom is 0.283 e. The van der Waals surface area contributed by atoms with Crippen molar-refractivity contribution in [2.75, 3.05) is 10.6 Å². The molecule has 0 spiro atoms. The minimum atomic E-state index is -0.621. The highest BCUT2D eigenvalue weighted by Gasteiger charge is 2.19. The van der Waals surface area contributed by atoms with Gasteiger partial charge in [-0.1, -0.05) is 59.3 Å². The number of hydrogen-bond acceptors (Lipinski definition) is 8. The fourth-order valence-corrected chi connectivity index (χ4v) is 6.34. The molecule has 0 unspecified atom stereocenters. The Balaban J connectivity index is 1.34. The van der Waals surface area contributed by atoms with Crippen molar-refractivity contribution in [1.82, 2.24) is 4.98 Å². The summed E-state index contributed by atoms with van der Waals surface area (Å²) in [6.45, 7) is 1.92. The van der Waals surface area contributed by atoms with E-state index in [0.717, 1.165) is 22.0 Å². The van der Waals surface area contributed by atoms with E-state index in [1.165, 1.54) is 23.5 Å². The molecule has 0 fully saturated rings. The molecule has 5 rings (SSSR count). The third-order valence-electron chi connectivity index (χ3n) is 6.11. The number of nitriles is 1. The smallest absolute Gasteiger partial charge is 0.283 e. The molecule has 2 amide bonds. The molecule has 9 nitrogen and oxygen atoms in total. The van der Waals surface area contributed by atoms with Crippen molar-refractivity contribution in [2.24, 2.45) is 0 Å². The summed E-state index contributed by atoms with van der Waals surface area (Å²) in [4.78, 5) is 41.6. The van der Waals surface area contributed by atoms with Crippen molar-refractivity contribution < 1.29 is 14.5 Å². The second-order valence-electron chi connectivity index (χ2n) is 9.17. The van der Waals surface area contributed by atoms with Crippen LogP contribution in [0.2, 0.25) is 5.02 Å². The van der Waals surface area contributed by atoms with E-state index < -0.39 is 10.8 Å². The molecule has 0 aliphatic heterocycles. The SMILES string of the molecule is Cc1ccc(NC(=O)/C(C#N)=C/c2ccc(Sc3nc4ccc(NC(=O)c5ccccc5Cl)cc4s3)c([N+](=O)[O-])c2)cc1.